The van der Waals surface area contributed by atoms with Gasteiger partial charge in [0.05, 0.1) is 5.69 Å². The molecular formula is C20H27N3O3. The maximum atomic E-state index is 13.2. The van der Waals surface area contributed by atoms with Crippen molar-refractivity contribution in [2.24, 2.45) is 5.92 Å². The smallest absolute Gasteiger partial charge is 0.272 e. The maximum absolute atomic E-state index is 13.2. The molecule has 1 aromatic heterocycles. The number of hydrogen-bond donors (Lipinski definition) is 0. The second kappa shape index (κ2) is 7.81. The van der Waals surface area contributed by atoms with E-state index in [1.807, 2.05) is 43.0 Å². The summed E-state index contributed by atoms with van der Waals surface area (Å²) in [5.41, 5.74) is 2.53. The van der Waals surface area contributed by atoms with Crippen molar-refractivity contribution in [3.63, 3.8) is 0 Å². The first kappa shape index (κ1) is 18.3. The highest BCUT2D eigenvalue weighted by Gasteiger charge is 2.22. The summed E-state index contributed by atoms with van der Waals surface area (Å²) in [6.07, 6.45) is 0. The second-order valence-electron chi connectivity index (χ2n) is 7.04. The van der Waals surface area contributed by atoms with Crippen LogP contribution in [0, 0.1) is 12.8 Å². The second-order valence-corrected chi connectivity index (χ2v) is 7.04. The van der Waals surface area contributed by atoms with Gasteiger partial charge < -0.3 is 14.4 Å². The molecule has 0 spiro atoms. The van der Waals surface area contributed by atoms with E-state index < -0.39 is 0 Å². The summed E-state index contributed by atoms with van der Waals surface area (Å²) in [6, 6.07) is 7.75. The van der Waals surface area contributed by atoms with Crippen molar-refractivity contribution >= 4 is 5.91 Å². The fourth-order valence-electron chi connectivity index (χ4n) is 3.19. The van der Waals surface area contributed by atoms with Gasteiger partial charge in [0.25, 0.3) is 5.91 Å². The zero-order valence-corrected chi connectivity index (χ0v) is 16.0. The van der Waals surface area contributed by atoms with Gasteiger partial charge in [0.2, 0.25) is 0 Å². The molecule has 6 nitrogen and oxygen atoms in total. The standard InChI is InChI=1S/C20H27N3O3/c1-5-23-17(10-15(4)21-23)20(24)22(12-14(2)3)13-16-6-7-18-19(11-16)26-9-8-25-18/h6-7,10-11,14H,5,8-9,12-13H2,1-4H3. The maximum Gasteiger partial charge on any atom is 0.272 e. The van der Waals surface area contributed by atoms with Crippen LogP contribution in [0.15, 0.2) is 24.3 Å². The number of hydrogen-bond acceptors (Lipinski definition) is 4. The Bertz CT molecular complexity index is 783. The summed E-state index contributed by atoms with van der Waals surface area (Å²) >= 11 is 0. The van der Waals surface area contributed by atoms with Gasteiger partial charge in [-0.2, -0.15) is 5.10 Å². The molecule has 0 saturated carbocycles. The van der Waals surface area contributed by atoms with Crippen LogP contribution in [-0.4, -0.2) is 40.3 Å². The number of amides is 1. The Hall–Kier alpha value is -2.50. The van der Waals surface area contributed by atoms with Crippen LogP contribution in [0.3, 0.4) is 0 Å². The lowest BCUT2D eigenvalue weighted by molar-refractivity contribution is 0.0709. The quantitative estimate of drug-likeness (QED) is 0.796. The van der Waals surface area contributed by atoms with E-state index in [0.29, 0.717) is 44.5 Å². The molecule has 0 fully saturated rings. The molecule has 2 aromatic rings. The number of rotatable bonds is 6. The van der Waals surface area contributed by atoms with E-state index in [4.69, 9.17) is 9.47 Å². The van der Waals surface area contributed by atoms with Crippen LogP contribution in [0.1, 0.15) is 42.5 Å². The summed E-state index contributed by atoms with van der Waals surface area (Å²) in [4.78, 5) is 15.1. The van der Waals surface area contributed by atoms with Gasteiger partial charge in [-0.05, 0) is 43.5 Å². The van der Waals surface area contributed by atoms with E-state index in [9.17, 15) is 4.79 Å². The third-order valence-corrected chi connectivity index (χ3v) is 4.27. The minimum absolute atomic E-state index is 0.0102. The minimum atomic E-state index is 0.0102. The van der Waals surface area contributed by atoms with Crippen molar-refractivity contribution < 1.29 is 14.3 Å². The zero-order valence-electron chi connectivity index (χ0n) is 16.0. The van der Waals surface area contributed by atoms with Crippen LogP contribution in [0.2, 0.25) is 0 Å². The normalized spacial score (nSPS) is 13.1. The molecule has 1 aliphatic rings. The predicted molar refractivity (Wildman–Crippen MR) is 99.6 cm³/mol. The molecule has 0 aliphatic carbocycles. The molecule has 26 heavy (non-hydrogen) atoms. The highest BCUT2D eigenvalue weighted by atomic mass is 16.6. The Labute approximate surface area is 154 Å². The van der Waals surface area contributed by atoms with E-state index >= 15 is 0 Å². The monoisotopic (exact) mass is 357 g/mol. The molecule has 0 atom stereocenters. The van der Waals surface area contributed by atoms with E-state index in [1.165, 1.54) is 0 Å². The number of fused-ring (bicyclic) bond motifs is 1. The summed E-state index contributed by atoms with van der Waals surface area (Å²) in [5.74, 6) is 1.90. The van der Waals surface area contributed by atoms with Crippen LogP contribution in [0.25, 0.3) is 0 Å². The topological polar surface area (TPSA) is 56.6 Å². The van der Waals surface area contributed by atoms with E-state index in [0.717, 1.165) is 22.8 Å². The van der Waals surface area contributed by atoms with E-state index in [-0.39, 0.29) is 5.91 Å². The molecule has 0 saturated heterocycles. The van der Waals surface area contributed by atoms with Crippen LogP contribution >= 0.6 is 0 Å². The Morgan fingerprint density at radius 3 is 2.65 bits per heavy atom. The fraction of sp³-hybridized carbons (Fsp3) is 0.500. The number of aryl methyl sites for hydroxylation is 2. The van der Waals surface area contributed by atoms with Gasteiger partial charge in [-0.15, -0.1) is 0 Å². The predicted octanol–water partition coefficient (Wildman–Crippen LogP) is 3.28. The fourth-order valence-corrected chi connectivity index (χ4v) is 3.19. The van der Waals surface area contributed by atoms with Crippen LogP contribution < -0.4 is 9.47 Å². The van der Waals surface area contributed by atoms with Gasteiger partial charge in [-0.3, -0.25) is 9.48 Å². The first-order chi connectivity index (χ1) is 12.5. The molecule has 140 valence electrons. The van der Waals surface area contributed by atoms with Crippen molar-refractivity contribution in [2.45, 2.75) is 40.8 Å². The minimum Gasteiger partial charge on any atom is -0.486 e. The van der Waals surface area contributed by atoms with Gasteiger partial charge in [0.1, 0.15) is 18.9 Å². The lowest BCUT2D eigenvalue weighted by atomic mass is 10.1. The van der Waals surface area contributed by atoms with Crippen molar-refractivity contribution in [1.82, 2.24) is 14.7 Å². The first-order valence-corrected chi connectivity index (χ1v) is 9.20. The van der Waals surface area contributed by atoms with Crippen LogP contribution in [-0.2, 0) is 13.1 Å². The van der Waals surface area contributed by atoms with E-state index in [1.54, 1.807) is 4.68 Å². The number of benzene rings is 1. The molecule has 3 rings (SSSR count). The van der Waals surface area contributed by atoms with Crippen molar-refractivity contribution in [3.8, 4) is 11.5 Å². The summed E-state index contributed by atoms with van der Waals surface area (Å²) in [5, 5.41) is 4.41. The van der Waals surface area contributed by atoms with Crippen LogP contribution in [0.4, 0.5) is 0 Å². The molecular weight excluding hydrogens is 330 g/mol. The summed E-state index contributed by atoms with van der Waals surface area (Å²) in [6.45, 7) is 11.2. The third-order valence-electron chi connectivity index (χ3n) is 4.27. The lowest BCUT2D eigenvalue weighted by Crippen LogP contribution is -2.35. The number of carbonyl (C=O) groups excluding carboxylic acids is 1. The lowest BCUT2D eigenvalue weighted by Gasteiger charge is -2.26. The Morgan fingerprint density at radius 1 is 1.23 bits per heavy atom. The van der Waals surface area contributed by atoms with E-state index in [2.05, 4.69) is 18.9 Å². The van der Waals surface area contributed by atoms with Crippen LogP contribution in [0.5, 0.6) is 11.5 Å². The number of aromatic nitrogens is 2. The van der Waals surface area contributed by atoms with Gasteiger partial charge >= 0.3 is 0 Å². The molecule has 0 radical (unpaired) electrons. The number of ether oxygens (including phenoxy) is 2. The average Bonchev–Trinajstić information content (AvgIpc) is 3.01. The molecule has 1 aromatic carbocycles. The van der Waals surface area contributed by atoms with Crippen molar-refractivity contribution in [3.05, 3.63) is 41.2 Å². The molecule has 2 heterocycles. The molecule has 1 aliphatic heterocycles. The van der Waals surface area contributed by atoms with Crippen molar-refractivity contribution in [2.75, 3.05) is 19.8 Å². The molecule has 6 heteroatoms. The SMILES string of the molecule is CCn1nc(C)cc1C(=O)N(Cc1ccc2c(c1)OCCO2)CC(C)C. The van der Waals surface area contributed by atoms with Gasteiger partial charge in [0.15, 0.2) is 11.5 Å². The molecule has 1 amide bonds. The number of carbonyl (C=O) groups is 1. The zero-order chi connectivity index (χ0) is 18.7. The third kappa shape index (κ3) is 4.00. The highest BCUT2D eigenvalue weighted by molar-refractivity contribution is 5.92. The highest BCUT2D eigenvalue weighted by Crippen LogP contribution is 2.31. The van der Waals surface area contributed by atoms with Gasteiger partial charge in [0, 0.05) is 19.6 Å². The van der Waals surface area contributed by atoms with Crippen molar-refractivity contribution in [1.29, 1.82) is 0 Å². The molecule has 0 N–H and O–H groups in total. The van der Waals surface area contributed by atoms with Gasteiger partial charge in [-0.1, -0.05) is 19.9 Å². The summed E-state index contributed by atoms with van der Waals surface area (Å²) in [7, 11) is 0. The largest absolute Gasteiger partial charge is 0.486 e. The Kier molecular flexibility index (Phi) is 5.49. The summed E-state index contributed by atoms with van der Waals surface area (Å²) < 4.78 is 13.0. The Morgan fingerprint density at radius 2 is 1.96 bits per heavy atom. The molecule has 0 bridgehead atoms. The average molecular weight is 357 g/mol. The first-order valence-electron chi connectivity index (χ1n) is 9.20. The number of nitrogens with zero attached hydrogens (tertiary/aromatic N) is 3. The van der Waals surface area contributed by atoms with Gasteiger partial charge in [-0.25, -0.2) is 0 Å². The molecule has 0 unspecified atom stereocenters. The Balaban J connectivity index is 1.85.